The molecule has 0 bridgehead atoms. The first-order chi connectivity index (χ1) is 26.3. The van der Waals surface area contributed by atoms with Crippen LogP contribution in [-0.4, -0.2) is 9.13 Å². The van der Waals surface area contributed by atoms with Gasteiger partial charge in [0.2, 0.25) is 0 Å². The predicted octanol–water partition coefficient (Wildman–Crippen LogP) is 14.8. The zero-order valence-corrected chi connectivity index (χ0v) is 30.9. The average molecular weight is 701 g/mol. The molecule has 0 saturated carbocycles. The Bertz CT molecular complexity index is 2970. The molecule has 0 N–H and O–H groups in total. The van der Waals surface area contributed by atoms with Gasteiger partial charge in [-0.05, 0) is 83.7 Å². The van der Waals surface area contributed by atoms with Crippen molar-refractivity contribution in [2.24, 2.45) is 0 Å². The van der Waals surface area contributed by atoms with E-state index >= 15 is 0 Å². The van der Waals surface area contributed by atoms with Crippen molar-refractivity contribution in [1.29, 1.82) is 0 Å². The molecule has 0 fully saturated rings. The van der Waals surface area contributed by atoms with Crippen LogP contribution < -0.4 is 0 Å². The lowest BCUT2D eigenvalue weighted by Crippen LogP contribution is -1.92. The fraction of sp³-hybridized carbons (Fsp3) is 0.0800. The Balaban J connectivity index is 0.00000183. The third-order valence-electron chi connectivity index (χ3n) is 10.4. The van der Waals surface area contributed by atoms with Crippen LogP contribution in [0.1, 0.15) is 37.8 Å². The summed E-state index contributed by atoms with van der Waals surface area (Å²) in [6.07, 6.45) is 17.5. The molecule has 0 spiro atoms. The lowest BCUT2D eigenvalue weighted by atomic mass is 9.95. The quantitative estimate of drug-likeness (QED) is 0.153. The summed E-state index contributed by atoms with van der Waals surface area (Å²) >= 11 is 1.93. The first kappa shape index (κ1) is 32.7. The monoisotopic (exact) mass is 700 g/mol. The third kappa shape index (κ3) is 5.39. The Kier molecular flexibility index (Phi) is 8.50. The van der Waals surface area contributed by atoms with Crippen LogP contribution in [0, 0.1) is 0 Å². The van der Waals surface area contributed by atoms with Gasteiger partial charge in [0.25, 0.3) is 0 Å². The van der Waals surface area contributed by atoms with Gasteiger partial charge in [0, 0.05) is 53.6 Å². The second-order valence-corrected chi connectivity index (χ2v) is 14.3. The molecule has 10 rings (SSSR count). The van der Waals surface area contributed by atoms with Crippen molar-refractivity contribution >= 4 is 92.5 Å². The van der Waals surface area contributed by atoms with E-state index in [0.29, 0.717) is 0 Å². The molecule has 3 heteroatoms. The van der Waals surface area contributed by atoms with Gasteiger partial charge in [-0.2, -0.15) is 0 Å². The summed E-state index contributed by atoms with van der Waals surface area (Å²) in [6.45, 7) is 8.06. The fourth-order valence-corrected chi connectivity index (χ4v) is 9.49. The molecule has 0 unspecified atom stereocenters. The first-order valence-electron chi connectivity index (χ1n) is 18.6. The Morgan fingerprint density at radius 3 is 2.06 bits per heavy atom. The highest BCUT2D eigenvalue weighted by Crippen LogP contribution is 2.47. The van der Waals surface area contributed by atoms with E-state index in [2.05, 4.69) is 180 Å². The van der Waals surface area contributed by atoms with E-state index in [-0.39, 0.29) is 0 Å². The van der Waals surface area contributed by atoms with Gasteiger partial charge < -0.3 is 9.13 Å². The standard InChI is InChI=1S/C48H34N2S.C2H6/c1-2-14-32(34-17-13-18-35(31-34)33-15-5-3-6-16-33)29-30-49-41-23-11-9-21-39(41)45-43(49)27-25-37-38-26-28-44-46(48(38)51-47(37)45)40-22-10-12-24-42(40)50(44)36-19-7-4-8-20-36;1-2/h2,4-5,7-31H,1,3,6H2;1-2H3/b30-29+,32-14+;. The van der Waals surface area contributed by atoms with Crippen molar-refractivity contribution in [1.82, 2.24) is 9.13 Å². The van der Waals surface area contributed by atoms with Crippen molar-refractivity contribution in [2.75, 3.05) is 0 Å². The molecular formula is C50H40N2S. The largest absolute Gasteiger partial charge is 0.316 e. The number of rotatable bonds is 6. The van der Waals surface area contributed by atoms with Gasteiger partial charge in [-0.25, -0.2) is 0 Å². The molecule has 9 aromatic rings. The van der Waals surface area contributed by atoms with E-state index in [1.165, 1.54) is 86.2 Å². The Morgan fingerprint density at radius 2 is 1.32 bits per heavy atom. The Hall–Kier alpha value is -6.16. The smallest absolute Gasteiger partial charge is 0.0555 e. The lowest BCUT2D eigenvalue weighted by molar-refractivity contribution is 1.04. The molecule has 6 aromatic carbocycles. The van der Waals surface area contributed by atoms with Gasteiger partial charge in [0.1, 0.15) is 0 Å². The van der Waals surface area contributed by atoms with Gasteiger partial charge in [-0.15, -0.1) is 11.3 Å². The zero-order chi connectivity index (χ0) is 35.9. The van der Waals surface area contributed by atoms with Crippen LogP contribution in [0.4, 0.5) is 0 Å². The summed E-state index contributed by atoms with van der Waals surface area (Å²) in [5, 5.41) is 7.81. The molecule has 0 aliphatic heterocycles. The van der Waals surface area contributed by atoms with E-state index in [0.717, 1.165) is 18.4 Å². The van der Waals surface area contributed by atoms with Crippen LogP contribution in [-0.2, 0) is 0 Å². The maximum Gasteiger partial charge on any atom is 0.0555 e. The average Bonchev–Trinajstić information content (AvgIpc) is 3.88. The topological polar surface area (TPSA) is 9.86 Å². The van der Waals surface area contributed by atoms with E-state index < -0.39 is 0 Å². The minimum Gasteiger partial charge on any atom is -0.316 e. The van der Waals surface area contributed by atoms with E-state index in [1.807, 2.05) is 31.3 Å². The first-order valence-corrected chi connectivity index (χ1v) is 19.4. The fourth-order valence-electron chi connectivity index (χ4n) is 8.08. The lowest BCUT2D eigenvalue weighted by Gasteiger charge is -2.10. The van der Waals surface area contributed by atoms with E-state index in [9.17, 15) is 0 Å². The summed E-state index contributed by atoms with van der Waals surface area (Å²) < 4.78 is 7.44. The van der Waals surface area contributed by atoms with Crippen LogP contribution >= 0.6 is 11.3 Å². The Labute approximate surface area is 314 Å². The molecule has 1 aliphatic carbocycles. The predicted molar refractivity (Wildman–Crippen MR) is 234 cm³/mol. The number of thiophene rings is 1. The number of hydrogen-bond donors (Lipinski definition) is 0. The van der Waals surface area contributed by atoms with Gasteiger partial charge in [-0.3, -0.25) is 0 Å². The summed E-state index contributed by atoms with van der Waals surface area (Å²) in [4.78, 5) is 0. The highest BCUT2D eigenvalue weighted by molar-refractivity contribution is 7.27. The summed E-state index contributed by atoms with van der Waals surface area (Å²) in [6, 6.07) is 46.5. The molecular weight excluding hydrogens is 661 g/mol. The number of aromatic nitrogens is 2. The van der Waals surface area contributed by atoms with Gasteiger partial charge in [-0.1, -0.05) is 136 Å². The number of fused-ring (bicyclic) bond motifs is 11. The van der Waals surface area contributed by atoms with Crippen molar-refractivity contribution in [2.45, 2.75) is 26.7 Å². The molecule has 256 valence electrons. The number of allylic oxidation sites excluding steroid dienone is 8. The number of benzene rings is 6. The van der Waals surface area contributed by atoms with Crippen LogP contribution in [0.5, 0.6) is 0 Å². The van der Waals surface area contributed by atoms with Crippen LogP contribution in [0.2, 0.25) is 0 Å². The summed E-state index contributed by atoms with van der Waals surface area (Å²) in [7, 11) is 0. The van der Waals surface area contributed by atoms with Crippen molar-refractivity contribution in [3.63, 3.8) is 0 Å². The van der Waals surface area contributed by atoms with Crippen molar-refractivity contribution < 1.29 is 0 Å². The van der Waals surface area contributed by atoms with E-state index in [4.69, 9.17) is 0 Å². The maximum atomic E-state index is 4.06. The third-order valence-corrected chi connectivity index (χ3v) is 11.6. The minimum atomic E-state index is 1.09. The molecule has 3 heterocycles. The highest BCUT2D eigenvalue weighted by Gasteiger charge is 2.20. The highest BCUT2D eigenvalue weighted by atomic mass is 32.1. The number of hydrogen-bond acceptors (Lipinski definition) is 1. The molecule has 0 radical (unpaired) electrons. The van der Waals surface area contributed by atoms with Crippen molar-refractivity contribution in [3.05, 3.63) is 182 Å². The van der Waals surface area contributed by atoms with Gasteiger partial charge in [0.05, 0.1) is 22.1 Å². The van der Waals surface area contributed by atoms with Crippen LogP contribution in [0.25, 0.3) is 86.8 Å². The van der Waals surface area contributed by atoms with Crippen molar-refractivity contribution in [3.8, 4) is 5.69 Å². The van der Waals surface area contributed by atoms with Crippen LogP contribution in [0.15, 0.2) is 170 Å². The summed E-state index contributed by atoms with van der Waals surface area (Å²) in [5.74, 6) is 0. The summed E-state index contributed by atoms with van der Waals surface area (Å²) in [5.41, 5.74) is 10.9. The molecule has 2 nitrogen and oxygen atoms in total. The molecule has 0 saturated heterocycles. The zero-order valence-electron chi connectivity index (χ0n) is 30.1. The SMILES string of the molecule is C=C/C=C(\C=C\n1c2ccccc2c2c3sc4c(ccc5c4c4ccccc4n5-c4ccccc4)c3ccc21)c1cccc(C2=CCCC=C2)c1.CC. The van der Waals surface area contributed by atoms with Gasteiger partial charge >= 0.3 is 0 Å². The number of nitrogens with zero attached hydrogens (tertiary/aromatic N) is 2. The second kappa shape index (κ2) is 13.8. The maximum absolute atomic E-state index is 4.06. The van der Waals surface area contributed by atoms with Gasteiger partial charge in [0.15, 0.2) is 0 Å². The normalized spacial score (nSPS) is 13.5. The number of para-hydroxylation sites is 3. The molecule has 0 atom stereocenters. The second-order valence-electron chi connectivity index (χ2n) is 13.2. The molecule has 0 amide bonds. The Morgan fingerprint density at radius 1 is 0.642 bits per heavy atom. The molecule has 53 heavy (non-hydrogen) atoms. The minimum absolute atomic E-state index is 1.09. The van der Waals surface area contributed by atoms with Crippen LogP contribution in [0.3, 0.4) is 0 Å². The molecule has 3 aromatic heterocycles. The van der Waals surface area contributed by atoms with E-state index in [1.54, 1.807) is 0 Å². The molecule has 1 aliphatic rings.